The summed E-state index contributed by atoms with van der Waals surface area (Å²) in [5, 5.41) is 12.5. The molecule has 5 nitrogen and oxygen atoms in total. The average Bonchev–Trinajstić information content (AvgIpc) is 3.03. The van der Waals surface area contributed by atoms with Crippen LogP contribution < -0.4 is 11.1 Å². The number of aromatic nitrogens is 1. The molecule has 20 heavy (non-hydrogen) atoms. The van der Waals surface area contributed by atoms with Gasteiger partial charge >= 0.3 is 0 Å². The van der Waals surface area contributed by atoms with Crippen LogP contribution in [0, 0.1) is 5.41 Å². The molecule has 0 aromatic carbocycles. The van der Waals surface area contributed by atoms with E-state index in [9.17, 15) is 9.90 Å². The zero-order chi connectivity index (χ0) is 14.8. The number of nitrogens with two attached hydrogens (primary N) is 1. The van der Waals surface area contributed by atoms with Gasteiger partial charge in [-0.2, -0.15) is 0 Å². The molecule has 1 aromatic heterocycles. The first-order valence-corrected chi connectivity index (χ1v) is 7.34. The molecular formula is C15H25N3O2. The minimum absolute atomic E-state index is 0.116. The minimum atomic E-state index is -0.129. The number of anilines is 1. The molecule has 0 radical (unpaired) electrons. The van der Waals surface area contributed by atoms with Crippen molar-refractivity contribution < 1.29 is 9.90 Å². The van der Waals surface area contributed by atoms with Crippen LogP contribution in [-0.4, -0.2) is 28.7 Å². The molecule has 4 N–H and O–H groups in total. The third kappa shape index (κ3) is 2.98. The van der Waals surface area contributed by atoms with Crippen LogP contribution in [0.3, 0.4) is 0 Å². The van der Waals surface area contributed by atoms with Gasteiger partial charge in [0.1, 0.15) is 5.69 Å². The van der Waals surface area contributed by atoms with Gasteiger partial charge in [0.25, 0.3) is 5.91 Å². The highest BCUT2D eigenvalue weighted by atomic mass is 16.3. The largest absolute Gasteiger partial charge is 0.397 e. The number of aliphatic hydroxyl groups excluding tert-OH is 1. The van der Waals surface area contributed by atoms with Crippen molar-refractivity contribution >= 4 is 11.6 Å². The number of nitrogens with zero attached hydrogens (tertiary/aromatic N) is 1. The van der Waals surface area contributed by atoms with Crippen LogP contribution in [0.5, 0.6) is 0 Å². The minimum Gasteiger partial charge on any atom is -0.397 e. The number of hydrogen-bond acceptors (Lipinski definition) is 3. The summed E-state index contributed by atoms with van der Waals surface area (Å²) in [6.07, 6.45) is 6.02. The summed E-state index contributed by atoms with van der Waals surface area (Å²) in [6.45, 7) is 4.71. The highest BCUT2D eigenvalue weighted by Crippen LogP contribution is 2.36. The molecule has 1 amide bonds. The predicted molar refractivity (Wildman–Crippen MR) is 79.5 cm³/mol. The van der Waals surface area contributed by atoms with Crippen LogP contribution in [0.15, 0.2) is 12.3 Å². The lowest BCUT2D eigenvalue weighted by molar-refractivity contribution is 0.0870. The molecule has 0 spiro atoms. The van der Waals surface area contributed by atoms with Gasteiger partial charge in [0, 0.05) is 24.2 Å². The van der Waals surface area contributed by atoms with E-state index in [2.05, 4.69) is 5.32 Å². The van der Waals surface area contributed by atoms with Crippen molar-refractivity contribution in [3.63, 3.8) is 0 Å². The summed E-state index contributed by atoms with van der Waals surface area (Å²) in [7, 11) is 0. The molecule has 0 unspecified atom stereocenters. The summed E-state index contributed by atoms with van der Waals surface area (Å²) >= 11 is 0. The van der Waals surface area contributed by atoms with E-state index in [0.29, 0.717) is 17.9 Å². The second-order valence-corrected chi connectivity index (χ2v) is 6.21. The maximum atomic E-state index is 12.3. The van der Waals surface area contributed by atoms with Gasteiger partial charge in [-0.15, -0.1) is 0 Å². The Hall–Kier alpha value is -1.49. The Bertz CT molecular complexity index is 473. The van der Waals surface area contributed by atoms with Crippen LogP contribution in [0.2, 0.25) is 0 Å². The van der Waals surface area contributed by atoms with Gasteiger partial charge in [-0.3, -0.25) is 4.79 Å². The smallest absolute Gasteiger partial charge is 0.268 e. The number of hydrogen-bond donors (Lipinski definition) is 3. The van der Waals surface area contributed by atoms with Gasteiger partial charge in [0.15, 0.2) is 0 Å². The van der Waals surface area contributed by atoms with Gasteiger partial charge in [0.05, 0.1) is 12.3 Å². The molecule has 0 bridgehead atoms. The standard InChI is InChI=1S/C15H25N3O2/c1-11(2)18-8-12(16)7-13(18)14(20)17-9-15(10-19)5-3-4-6-15/h7-8,11,19H,3-6,9-10,16H2,1-2H3,(H,17,20). The fourth-order valence-electron chi connectivity index (χ4n) is 2.98. The molecule has 1 aliphatic rings. The highest BCUT2D eigenvalue weighted by molar-refractivity contribution is 5.93. The van der Waals surface area contributed by atoms with E-state index in [-0.39, 0.29) is 24.0 Å². The van der Waals surface area contributed by atoms with Gasteiger partial charge in [-0.1, -0.05) is 12.8 Å². The van der Waals surface area contributed by atoms with Crippen molar-refractivity contribution in [2.45, 2.75) is 45.6 Å². The Balaban J connectivity index is 2.05. The summed E-state index contributed by atoms with van der Waals surface area (Å²) in [4.78, 5) is 12.3. The normalized spacial score (nSPS) is 17.6. The summed E-state index contributed by atoms with van der Waals surface area (Å²) in [5.41, 5.74) is 6.84. The van der Waals surface area contributed by atoms with Crippen molar-refractivity contribution in [1.29, 1.82) is 0 Å². The van der Waals surface area contributed by atoms with Gasteiger partial charge < -0.3 is 20.7 Å². The zero-order valence-corrected chi connectivity index (χ0v) is 12.4. The maximum absolute atomic E-state index is 12.3. The Morgan fingerprint density at radius 2 is 2.15 bits per heavy atom. The lowest BCUT2D eigenvalue weighted by Gasteiger charge is -2.26. The van der Waals surface area contributed by atoms with Gasteiger partial charge in [0.2, 0.25) is 0 Å². The van der Waals surface area contributed by atoms with E-state index in [4.69, 9.17) is 5.73 Å². The van der Waals surface area contributed by atoms with Gasteiger partial charge in [-0.05, 0) is 32.8 Å². The molecular weight excluding hydrogens is 254 g/mol. The van der Waals surface area contributed by atoms with Crippen LogP contribution in [0.4, 0.5) is 5.69 Å². The van der Waals surface area contributed by atoms with Crippen molar-refractivity contribution in [3.8, 4) is 0 Å². The molecule has 1 aromatic rings. The van der Waals surface area contributed by atoms with Crippen molar-refractivity contribution in [2.75, 3.05) is 18.9 Å². The number of rotatable bonds is 5. The number of carbonyl (C=O) groups is 1. The number of aliphatic hydroxyl groups is 1. The average molecular weight is 279 g/mol. The number of nitrogen functional groups attached to an aromatic ring is 1. The molecule has 0 atom stereocenters. The number of nitrogens with one attached hydrogen (secondary N) is 1. The Labute approximate surface area is 120 Å². The molecule has 112 valence electrons. The van der Waals surface area contributed by atoms with E-state index in [0.717, 1.165) is 25.7 Å². The summed E-state index contributed by atoms with van der Waals surface area (Å²) < 4.78 is 1.88. The van der Waals surface area contributed by atoms with Crippen LogP contribution in [0.25, 0.3) is 0 Å². The topological polar surface area (TPSA) is 80.3 Å². The van der Waals surface area contributed by atoms with E-state index < -0.39 is 0 Å². The second-order valence-electron chi connectivity index (χ2n) is 6.21. The first-order valence-electron chi connectivity index (χ1n) is 7.34. The van der Waals surface area contributed by atoms with E-state index >= 15 is 0 Å². The molecule has 0 aliphatic heterocycles. The number of carbonyl (C=O) groups excluding carboxylic acids is 1. The number of amides is 1. The fourth-order valence-corrected chi connectivity index (χ4v) is 2.98. The van der Waals surface area contributed by atoms with E-state index in [1.54, 1.807) is 12.3 Å². The van der Waals surface area contributed by atoms with Gasteiger partial charge in [-0.25, -0.2) is 0 Å². The quantitative estimate of drug-likeness (QED) is 0.770. The summed E-state index contributed by atoms with van der Waals surface area (Å²) in [5.74, 6) is -0.116. The molecule has 1 fully saturated rings. The lowest BCUT2D eigenvalue weighted by Crippen LogP contribution is -2.39. The Morgan fingerprint density at radius 1 is 1.50 bits per heavy atom. The highest BCUT2D eigenvalue weighted by Gasteiger charge is 2.33. The molecule has 1 heterocycles. The van der Waals surface area contributed by atoms with Crippen molar-refractivity contribution in [2.24, 2.45) is 5.41 Å². The van der Waals surface area contributed by atoms with Crippen LogP contribution in [0.1, 0.15) is 56.1 Å². The molecule has 5 heteroatoms. The molecule has 1 aliphatic carbocycles. The predicted octanol–water partition coefficient (Wildman–Crippen LogP) is 1.93. The first kappa shape index (κ1) is 14.9. The Kier molecular flexibility index (Phi) is 4.38. The zero-order valence-electron chi connectivity index (χ0n) is 12.4. The molecule has 2 rings (SSSR count). The molecule has 0 saturated heterocycles. The maximum Gasteiger partial charge on any atom is 0.268 e. The SMILES string of the molecule is CC(C)n1cc(N)cc1C(=O)NCC1(CO)CCCC1. The van der Waals surface area contributed by atoms with E-state index in [1.165, 1.54) is 0 Å². The molecule has 1 saturated carbocycles. The van der Waals surface area contributed by atoms with Crippen LogP contribution >= 0.6 is 0 Å². The van der Waals surface area contributed by atoms with E-state index in [1.807, 2.05) is 18.4 Å². The van der Waals surface area contributed by atoms with Crippen LogP contribution in [-0.2, 0) is 0 Å². The Morgan fingerprint density at radius 3 is 2.70 bits per heavy atom. The van der Waals surface area contributed by atoms with Crippen molar-refractivity contribution in [3.05, 3.63) is 18.0 Å². The first-order chi connectivity index (χ1) is 9.47. The monoisotopic (exact) mass is 279 g/mol. The fraction of sp³-hybridized carbons (Fsp3) is 0.667. The third-order valence-electron chi connectivity index (χ3n) is 4.28. The van der Waals surface area contributed by atoms with Crippen molar-refractivity contribution in [1.82, 2.24) is 9.88 Å². The lowest BCUT2D eigenvalue weighted by atomic mass is 9.87. The second kappa shape index (κ2) is 5.87. The summed E-state index contributed by atoms with van der Waals surface area (Å²) in [6, 6.07) is 1.89. The third-order valence-corrected chi connectivity index (χ3v) is 4.28.